The predicted octanol–water partition coefficient (Wildman–Crippen LogP) is 0.743. The van der Waals surface area contributed by atoms with Crippen molar-refractivity contribution in [3.8, 4) is 0 Å². The van der Waals surface area contributed by atoms with Crippen molar-refractivity contribution in [1.29, 1.82) is 0 Å². The smallest absolute Gasteiger partial charge is 0.281 e. The number of rotatable bonds is 4. The maximum atomic E-state index is 12.2. The van der Waals surface area contributed by atoms with E-state index in [0.717, 1.165) is 30.0 Å². The van der Waals surface area contributed by atoms with Gasteiger partial charge in [-0.2, -0.15) is 17.0 Å². The molecule has 0 aliphatic carbocycles. The van der Waals surface area contributed by atoms with Crippen molar-refractivity contribution in [2.45, 2.75) is 25.8 Å². The lowest BCUT2D eigenvalue weighted by atomic mass is 10.1. The zero-order valence-corrected chi connectivity index (χ0v) is 15.5. The number of pyridine rings is 1. The summed E-state index contributed by atoms with van der Waals surface area (Å²) in [6, 6.07) is 4.60. The first-order valence-electron chi connectivity index (χ1n) is 8.52. The molecule has 7 nitrogen and oxygen atoms in total. The Hall–Kier alpha value is -1.22. The van der Waals surface area contributed by atoms with E-state index in [2.05, 4.69) is 27.3 Å². The van der Waals surface area contributed by atoms with Crippen LogP contribution in [0.4, 0.5) is 5.69 Å². The van der Waals surface area contributed by atoms with Gasteiger partial charge < -0.3 is 10.2 Å². The van der Waals surface area contributed by atoms with Gasteiger partial charge in [0.15, 0.2) is 0 Å². The molecule has 0 aromatic carbocycles. The summed E-state index contributed by atoms with van der Waals surface area (Å²) in [6.45, 7) is 5.51. The van der Waals surface area contributed by atoms with E-state index in [1.807, 2.05) is 6.92 Å². The number of aryl methyl sites for hydroxylation is 1. The van der Waals surface area contributed by atoms with Gasteiger partial charge in [0.2, 0.25) is 0 Å². The van der Waals surface area contributed by atoms with Crippen LogP contribution in [0, 0.1) is 6.92 Å². The van der Waals surface area contributed by atoms with Gasteiger partial charge in [-0.3, -0.25) is 4.98 Å². The summed E-state index contributed by atoms with van der Waals surface area (Å²) in [4.78, 5) is 6.94. The molecule has 0 spiro atoms. The molecule has 1 atom stereocenters. The van der Waals surface area contributed by atoms with Gasteiger partial charge in [0.1, 0.15) is 0 Å². The highest BCUT2D eigenvalue weighted by molar-refractivity contribution is 7.86. The molecule has 8 heteroatoms. The highest BCUT2D eigenvalue weighted by atomic mass is 32.2. The van der Waals surface area contributed by atoms with Crippen molar-refractivity contribution in [3.63, 3.8) is 0 Å². The maximum absolute atomic E-state index is 12.2. The number of nitrogens with zero attached hydrogens (tertiary/aromatic N) is 4. The fourth-order valence-electron chi connectivity index (χ4n) is 3.38. The Labute approximate surface area is 144 Å². The quantitative estimate of drug-likeness (QED) is 0.865. The zero-order chi connectivity index (χ0) is 17.3. The van der Waals surface area contributed by atoms with Crippen LogP contribution in [-0.2, 0) is 10.2 Å². The summed E-state index contributed by atoms with van der Waals surface area (Å²) >= 11 is 0. The Kier molecular flexibility index (Phi) is 5.10. The van der Waals surface area contributed by atoms with Gasteiger partial charge in [-0.25, -0.2) is 0 Å². The van der Waals surface area contributed by atoms with E-state index in [1.54, 1.807) is 18.4 Å². The minimum atomic E-state index is -3.32. The van der Waals surface area contributed by atoms with Crippen molar-refractivity contribution >= 4 is 15.9 Å². The second-order valence-corrected chi connectivity index (χ2v) is 8.86. The minimum absolute atomic E-state index is 0.346. The van der Waals surface area contributed by atoms with Crippen LogP contribution in [0.5, 0.6) is 0 Å². The molecule has 0 bridgehead atoms. The summed E-state index contributed by atoms with van der Waals surface area (Å²) in [6.07, 6.45) is 2.32. The second-order valence-electron chi connectivity index (χ2n) is 6.72. The first kappa shape index (κ1) is 17.6. The average molecular weight is 353 g/mol. The Bertz CT molecular complexity index is 678. The zero-order valence-electron chi connectivity index (χ0n) is 14.7. The van der Waals surface area contributed by atoms with Crippen molar-refractivity contribution < 1.29 is 8.42 Å². The van der Waals surface area contributed by atoms with Crippen molar-refractivity contribution in [3.05, 3.63) is 23.5 Å². The summed E-state index contributed by atoms with van der Waals surface area (Å²) in [5, 5.41) is 3.50. The van der Waals surface area contributed by atoms with E-state index in [9.17, 15) is 8.42 Å². The monoisotopic (exact) mass is 353 g/mol. The molecule has 0 unspecified atom stereocenters. The topological polar surface area (TPSA) is 68.8 Å². The molecular weight excluding hydrogens is 326 g/mol. The molecule has 2 saturated heterocycles. The van der Waals surface area contributed by atoms with Crippen LogP contribution in [0.2, 0.25) is 0 Å². The van der Waals surface area contributed by atoms with E-state index < -0.39 is 10.2 Å². The molecule has 0 radical (unpaired) electrons. The molecule has 2 fully saturated rings. The lowest BCUT2D eigenvalue weighted by molar-refractivity contribution is 0.355. The van der Waals surface area contributed by atoms with Crippen molar-refractivity contribution in [1.82, 2.24) is 18.9 Å². The van der Waals surface area contributed by atoms with Crippen LogP contribution < -0.4 is 10.2 Å². The summed E-state index contributed by atoms with van der Waals surface area (Å²) in [5.74, 6) is 0. The Morgan fingerprint density at radius 3 is 2.50 bits per heavy atom. The predicted molar refractivity (Wildman–Crippen MR) is 95.3 cm³/mol. The van der Waals surface area contributed by atoms with Crippen LogP contribution in [0.15, 0.2) is 12.1 Å². The molecule has 1 aromatic rings. The van der Waals surface area contributed by atoms with Gasteiger partial charge >= 0.3 is 0 Å². The lowest BCUT2D eigenvalue weighted by Gasteiger charge is -2.36. The molecule has 3 heterocycles. The SMILES string of the molecule is Cc1cc(N2CCN(S(=O)(=O)N(C)C)CC2)cc([C@H]2CCCN2)n1. The fourth-order valence-corrected chi connectivity index (χ4v) is 4.47. The lowest BCUT2D eigenvalue weighted by Crippen LogP contribution is -2.51. The highest BCUT2D eigenvalue weighted by Gasteiger charge is 2.29. The van der Waals surface area contributed by atoms with Crippen LogP contribution in [-0.4, -0.2) is 68.8 Å². The second kappa shape index (κ2) is 6.95. The molecular formula is C16H27N5O2S. The maximum Gasteiger partial charge on any atom is 0.281 e. The molecule has 2 aliphatic heterocycles. The summed E-state index contributed by atoms with van der Waals surface area (Å²) < 4.78 is 27.3. The van der Waals surface area contributed by atoms with Crippen LogP contribution >= 0.6 is 0 Å². The minimum Gasteiger partial charge on any atom is -0.369 e. The molecule has 134 valence electrons. The summed E-state index contributed by atoms with van der Waals surface area (Å²) in [7, 11) is -0.161. The third kappa shape index (κ3) is 3.56. The number of nitrogens with one attached hydrogen (secondary N) is 1. The first-order chi connectivity index (χ1) is 11.4. The van der Waals surface area contributed by atoms with Gasteiger partial charge in [0, 0.05) is 57.7 Å². The standard InChI is InChI=1S/C16H27N5O2S/c1-13-11-14(12-16(18-13)15-5-4-6-17-15)20-7-9-21(10-8-20)24(22,23)19(2)3/h11-12,15,17H,4-10H2,1-3H3/t15-/m1/s1. The van der Waals surface area contributed by atoms with Gasteiger partial charge in [0.25, 0.3) is 10.2 Å². The third-order valence-corrected chi connectivity index (χ3v) is 6.71. The Morgan fingerprint density at radius 1 is 1.21 bits per heavy atom. The number of aromatic nitrogens is 1. The van der Waals surface area contributed by atoms with Gasteiger partial charge in [0.05, 0.1) is 5.69 Å². The molecule has 0 amide bonds. The molecule has 24 heavy (non-hydrogen) atoms. The van der Waals surface area contributed by atoms with E-state index in [-0.39, 0.29) is 0 Å². The van der Waals surface area contributed by atoms with Gasteiger partial charge in [-0.1, -0.05) is 0 Å². The molecule has 1 N–H and O–H groups in total. The fraction of sp³-hybridized carbons (Fsp3) is 0.688. The van der Waals surface area contributed by atoms with E-state index >= 15 is 0 Å². The van der Waals surface area contributed by atoms with E-state index in [1.165, 1.54) is 10.7 Å². The van der Waals surface area contributed by atoms with Crippen LogP contribution in [0.1, 0.15) is 30.3 Å². The molecule has 2 aliphatic rings. The molecule has 0 saturated carbocycles. The Balaban J connectivity index is 1.72. The van der Waals surface area contributed by atoms with E-state index in [0.29, 0.717) is 32.2 Å². The van der Waals surface area contributed by atoms with Crippen molar-refractivity contribution in [2.24, 2.45) is 0 Å². The highest BCUT2D eigenvalue weighted by Crippen LogP contribution is 2.26. The number of hydrogen-bond acceptors (Lipinski definition) is 5. The van der Waals surface area contributed by atoms with Crippen LogP contribution in [0.25, 0.3) is 0 Å². The summed E-state index contributed by atoms with van der Waals surface area (Å²) in [5.41, 5.74) is 3.26. The van der Waals surface area contributed by atoms with E-state index in [4.69, 9.17) is 0 Å². The molecule has 3 rings (SSSR count). The normalized spacial score (nSPS) is 23.2. The average Bonchev–Trinajstić information content (AvgIpc) is 3.09. The number of piperazine rings is 1. The van der Waals surface area contributed by atoms with Crippen molar-refractivity contribution in [2.75, 3.05) is 51.7 Å². The number of hydrogen-bond donors (Lipinski definition) is 1. The molecule has 1 aromatic heterocycles. The first-order valence-corrected chi connectivity index (χ1v) is 9.92. The van der Waals surface area contributed by atoms with Gasteiger partial charge in [-0.05, 0) is 38.4 Å². The van der Waals surface area contributed by atoms with Crippen LogP contribution in [0.3, 0.4) is 0 Å². The van der Waals surface area contributed by atoms with Gasteiger partial charge in [-0.15, -0.1) is 0 Å². The third-order valence-electron chi connectivity index (χ3n) is 4.77. The Morgan fingerprint density at radius 2 is 1.92 bits per heavy atom. The number of anilines is 1. The largest absolute Gasteiger partial charge is 0.369 e.